The number of hydrogen-bond donors (Lipinski definition) is 3. The maximum Gasteiger partial charge on any atom is 0.255 e. The highest BCUT2D eigenvalue weighted by Gasteiger charge is 2.16. The van der Waals surface area contributed by atoms with E-state index in [1.54, 1.807) is 12.1 Å². The third-order valence-corrected chi connectivity index (χ3v) is 6.49. The number of carbonyl (C=O) groups excluding carboxylic acids is 2. The molecule has 2 fully saturated rings. The number of carbonyl (C=O) groups is 2. The van der Waals surface area contributed by atoms with Crippen LogP contribution < -0.4 is 16.4 Å². The van der Waals surface area contributed by atoms with E-state index in [1.165, 1.54) is 42.5 Å². The lowest BCUT2D eigenvalue weighted by atomic mass is 10.1. The van der Waals surface area contributed by atoms with Crippen LogP contribution in [0.25, 0.3) is 0 Å². The molecule has 9 heteroatoms. The summed E-state index contributed by atoms with van der Waals surface area (Å²) < 4.78 is 39.1. The first kappa shape index (κ1) is 27.9. The van der Waals surface area contributed by atoms with Gasteiger partial charge in [-0.2, -0.15) is 0 Å². The molecule has 0 aliphatic carbocycles. The highest BCUT2D eigenvalue weighted by molar-refractivity contribution is 6.09. The van der Waals surface area contributed by atoms with Crippen molar-refractivity contribution in [2.24, 2.45) is 11.8 Å². The number of rotatable bonds is 4. The van der Waals surface area contributed by atoms with Crippen LogP contribution in [0.1, 0.15) is 44.7 Å². The molecule has 2 atom stereocenters. The topological polar surface area (TPSA) is 103 Å². The monoisotopic (exact) mass is 555 g/mol. The molecular weight excluding hydrogens is 528 g/mol. The highest BCUT2D eigenvalue weighted by atomic mass is 19.1. The highest BCUT2D eigenvalue weighted by Crippen LogP contribution is 2.20. The second-order valence-electron chi connectivity index (χ2n) is 9.87. The molecule has 208 valence electrons. The smallest absolute Gasteiger partial charge is 0.255 e. The third kappa shape index (κ3) is 7.70. The number of hydrogen-bond acceptors (Lipinski definition) is 5. The minimum atomic E-state index is -0.598. The Hall–Kier alpha value is -4.70. The van der Waals surface area contributed by atoms with Gasteiger partial charge >= 0.3 is 0 Å². The summed E-state index contributed by atoms with van der Waals surface area (Å²) >= 11 is 0. The van der Waals surface area contributed by atoms with Gasteiger partial charge in [0.05, 0.1) is 13.2 Å². The lowest BCUT2D eigenvalue weighted by molar-refractivity contribution is 0.102. The van der Waals surface area contributed by atoms with E-state index < -0.39 is 23.4 Å². The molecule has 2 aliphatic heterocycles. The molecule has 4 N–H and O–H groups in total. The lowest BCUT2D eigenvalue weighted by Crippen LogP contribution is -2.16. The molecular formula is C32H27F2N3O4. The van der Waals surface area contributed by atoms with Gasteiger partial charge in [0.15, 0.2) is 0 Å². The van der Waals surface area contributed by atoms with E-state index in [4.69, 9.17) is 15.2 Å². The van der Waals surface area contributed by atoms with Gasteiger partial charge in [0.1, 0.15) is 11.6 Å². The molecule has 5 rings (SSSR count). The summed E-state index contributed by atoms with van der Waals surface area (Å²) in [6.45, 7) is 2.39. The van der Waals surface area contributed by atoms with Gasteiger partial charge in [0, 0.05) is 64.4 Å². The average molecular weight is 556 g/mol. The Labute approximate surface area is 236 Å². The summed E-state index contributed by atoms with van der Waals surface area (Å²) in [4.78, 5) is 26.0. The van der Waals surface area contributed by atoms with Crippen molar-refractivity contribution in [3.63, 3.8) is 0 Å². The summed E-state index contributed by atoms with van der Waals surface area (Å²) in [5.41, 5.74) is 7.54. The fourth-order valence-corrected chi connectivity index (χ4v) is 4.46. The molecule has 0 spiro atoms. The van der Waals surface area contributed by atoms with Gasteiger partial charge in [0.2, 0.25) is 0 Å². The standard InChI is InChI=1S/C32H27F2N3O4/c33-26-9-22(3-1-20-5-7-40-18-20)11-29(16-26)36-31(38)24-13-25(15-28(35)14-24)32(39)37-30-12-23(10-27(34)17-30)4-2-21-6-8-41-19-21/h9-17,20-21H,5-8,18-19,35H2,(H,36,38)(H,37,39). The number of anilines is 3. The van der Waals surface area contributed by atoms with Gasteiger partial charge in [-0.05, 0) is 67.4 Å². The summed E-state index contributed by atoms with van der Waals surface area (Å²) in [6, 6.07) is 12.2. The lowest BCUT2D eigenvalue weighted by Gasteiger charge is -2.10. The van der Waals surface area contributed by atoms with Crippen LogP contribution in [0.15, 0.2) is 54.6 Å². The van der Waals surface area contributed by atoms with E-state index in [9.17, 15) is 18.4 Å². The Morgan fingerprint density at radius 2 is 1.17 bits per heavy atom. The predicted octanol–water partition coefficient (Wildman–Crippen LogP) is 4.83. The predicted molar refractivity (Wildman–Crippen MR) is 151 cm³/mol. The second-order valence-corrected chi connectivity index (χ2v) is 9.87. The molecule has 2 saturated heterocycles. The summed E-state index contributed by atoms with van der Waals surface area (Å²) in [5.74, 6) is 9.85. The number of benzene rings is 3. The summed E-state index contributed by atoms with van der Waals surface area (Å²) in [7, 11) is 0. The maximum absolute atomic E-state index is 14.2. The Morgan fingerprint density at radius 1 is 0.707 bits per heavy atom. The Balaban J connectivity index is 1.30. The van der Waals surface area contributed by atoms with Crippen molar-refractivity contribution in [1.82, 2.24) is 0 Å². The fourth-order valence-electron chi connectivity index (χ4n) is 4.46. The van der Waals surface area contributed by atoms with Crippen molar-refractivity contribution >= 4 is 28.9 Å². The molecule has 2 heterocycles. The normalized spacial score (nSPS) is 17.6. The zero-order chi connectivity index (χ0) is 28.8. The van der Waals surface area contributed by atoms with Crippen molar-refractivity contribution in [2.75, 3.05) is 42.8 Å². The minimum absolute atomic E-state index is 0.0831. The van der Waals surface area contributed by atoms with Crippen LogP contribution >= 0.6 is 0 Å². The van der Waals surface area contributed by atoms with E-state index in [2.05, 4.69) is 34.3 Å². The van der Waals surface area contributed by atoms with E-state index in [1.807, 2.05) is 0 Å². The molecule has 2 unspecified atom stereocenters. The largest absolute Gasteiger partial charge is 0.399 e. The molecule has 0 saturated carbocycles. The Bertz CT molecular complexity index is 1490. The van der Waals surface area contributed by atoms with Gasteiger partial charge in [-0.15, -0.1) is 0 Å². The zero-order valence-electron chi connectivity index (χ0n) is 22.1. The molecule has 7 nitrogen and oxygen atoms in total. The molecule has 2 amide bonds. The number of nitrogen functional groups attached to an aromatic ring is 1. The van der Waals surface area contributed by atoms with Gasteiger partial charge in [-0.3, -0.25) is 9.59 Å². The second kappa shape index (κ2) is 12.6. The average Bonchev–Trinajstić information content (AvgIpc) is 3.64. The molecule has 0 aromatic heterocycles. The van der Waals surface area contributed by atoms with Gasteiger partial charge < -0.3 is 25.8 Å². The van der Waals surface area contributed by atoms with E-state index >= 15 is 0 Å². The number of halogens is 2. The van der Waals surface area contributed by atoms with Crippen LogP contribution in [-0.4, -0.2) is 38.2 Å². The van der Waals surface area contributed by atoms with Crippen LogP contribution in [0.4, 0.5) is 25.8 Å². The molecule has 0 radical (unpaired) electrons. The Kier molecular flexibility index (Phi) is 8.59. The van der Waals surface area contributed by atoms with E-state index in [0.29, 0.717) is 37.6 Å². The molecule has 3 aromatic carbocycles. The first-order valence-electron chi connectivity index (χ1n) is 13.1. The molecule has 3 aromatic rings. The van der Waals surface area contributed by atoms with E-state index in [0.717, 1.165) is 12.8 Å². The van der Waals surface area contributed by atoms with Crippen molar-refractivity contribution in [1.29, 1.82) is 0 Å². The zero-order valence-corrected chi connectivity index (χ0v) is 22.1. The minimum Gasteiger partial charge on any atom is -0.399 e. The van der Waals surface area contributed by atoms with Gasteiger partial charge in [-0.1, -0.05) is 23.7 Å². The van der Waals surface area contributed by atoms with Crippen LogP contribution in [0, 0.1) is 47.2 Å². The van der Waals surface area contributed by atoms with Crippen molar-refractivity contribution < 1.29 is 27.8 Å². The first-order valence-corrected chi connectivity index (χ1v) is 13.1. The quantitative estimate of drug-likeness (QED) is 0.316. The van der Waals surface area contributed by atoms with Crippen molar-refractivity contribution in [2.45, 2.75) is 12.8 Å². The molecule has 41 heavy (non-hydrogen) atoms. The Morgan fingerprint density at radius 3 is 1.59 bits per heavy atom. The van der Waals surface area contributed by atoms with Gasteiger partial charge in [-0.25, -0.2) is 8.78 Å². The SMILES string of the molecule is Nc1cc(C(=O)Nc2cc(F)cc(C#CC3CCOC3)c2)cc(C(=O)Nc2cc(F)cc(C#CC3CCOC3)c2)c1. The maximum atomic E-state index is 14.2. The summed E-state index contributed by atoms with van der Waals surface area (Å²) in [6.07, 6.45) is 1.64. The molecule has 2 aliphatic rings. The van der Waals surface area contributed by atoms with Crippen LogP contribution in [0.5, 0.6) is 0 Å². The van der Waals surface area contributed by atoms with Gasteiger partial charge in [0.25, 0.3) is 11.8 Å². The fraction of sp³-hybridized carbons (Fsp3) is 0.250. The van der Waals surface area contributed by atoms with Crippen molar-refractivity contribution in [3.8, 4) is 23.7 Å². The number of amides is 2. The summed E-state index contributed by atoms with van der Waals surface area (Å²) in [5, 5.41) is 5.26. The molecule has 0 bridgehead atoms. The number of nitrogens with one attached hydrogen (secondary N) is 2. The van der Waals surface area contributed by atoms with E-state index in [-0.39, 0.29) is 40.0 Å². The number of ether oxygens (including phenoxy) is 2. The van der Waals surface area contributed by atoms with Crippen molar-refractivity contribution in [3.05, 3.63) is 88.5 Å². The third-order valence-electron chi connectivity index (χ3n) is 6.49. The number of nitrogens with two attached hydrogens (primary N) is 1. The van der Waals surface area contributed by atoms with Crippen LogP contribution in [0.3, 0.4) is 0 Å². The van der Waals surface area contributed by atoms with Crippen LogP contribution in [-0.2, 0) is 9.47 Å². The van der Waals surface area contributed by atoms with Crippen LogP contribution in [0.2, 0.25) is 0 Å². The first-order chi connectivity index (χ1) is 19.8.